The molecule has 1 N–H and O–H groups in total. The maximum Gasteiger partial charge on any atom is 0.338 e. The van der Waals surface area contributed by atoms with Gasteiger partial charge in [-0.1, -0.05) is 29.8 Å². The van der Waals surface area contributed by atoms with Crippen LogP contribution in [0.3, 0.4) is 0 Å². The second-order valence-electron chi connectivity index (χ2n) is 5.65. The fourth-order valence-corrected chi connectivity index (χ4v) is 2.79. The molecule has 6 nitrogen and oxygen atoms in total. The van der Waals surface area contributed by atoms with Crippen LogP contribution in [0.1, 0.15) is 28.9 Å². The average molecular weight is 370 g/mol. The van der Waals surface area contributed by atoms with E-state index < -0.39 is 11.9 Å². The molecule has 0 aliphatic carbocycles. The number of aromatic nitrogens is 2. The van der Waals surface area contributed by atoms with Gasteiger partial charge in [-0.15, -0.1) is 0 Å². The van der Waals surface area contributed by atoms with Gasteiger partial charge in [-0.3, -0.25) is 14.8 Å². The van der Waals surface area contributed by atoms with Gasteiger partial charge in [0.1, 0.15) is 0 Å². The molecule has 0 unspecified atom stereocenters. The third-order valence-electron chi connectivity index (χ3n) is 3.79. The van der Waals surface area contributed by atoms with E-state index in [1.165, 1.54) is 0 Å². The van der Waals surface area contributed by atoms with Crippen LogP contribution in [0, 0.1) is 0 Å². The van der Waals surface area contributed by atoms with E-state index >= 15 is 0 Å². The summed E-state index contributed by atoms with van der Waals surface area (Å²) < 4.78 is 5.07. The number of halogens is 1. The molecule has 0 radical (unpaired) electrons. The van der Waals surface area contributed by atoms with Gasteiger partial charge in [0.2, 0.25) is 0 Å². The van der Waals surface area contributed by atoms with Gasteiger partial charge < -0.3 is 10.1 Å². The van der Waals surface area contributed by atoms with Crippen molar-refractivity contribution in [2.75, 3.05) is 6.61 Å². The smallest absolute Gasteiger partial charge is 0.338 e. The minimum atomic E-state index is -0.599. The van der Waals surface area contributed by atoms with Gasteiger partial charge in [0.25, 0.3) is 5.91 Å². The Hall–Kier alpha value is -2.99. The first-order valence-electron chi connectivity index (χ1n) is 7.96. The number of hydrogen-bond donors (Lipinski definition) is 1. The standard InChI is InChI=1S/C19H16ClN3O3/c1-12(14-4-2-3-5-15(14)20)23-18(24)11-26-19(25)13-6-7-16-17(10-13)22-9-8-21-16/h2-10,12H,11H2,1H3,(H,23,24)/t12-/m0/s1. The third kappa shape index (κ3) is 4.15. The molecule has 0 fully saturated rings. The van der Waals surface area contributed by atoms with Crippen LogP contribution in [0.5, 0.6) is 0 Å². The SMILES string of the molecule is C[C@H](NC(=O)COC(=O)c1ccc2nccnc2c1)c1ccccc1Cl. The summed E-state index contributed by atoms with van der Waals surface area (Å²) in [6.07, 6.45) is 3.12. The highest BCUT2D eigenvalue weighted by molar-refractivity contribution is 6.31. The first kappa shape index (κ1) is 17.8. The van der Waals surface area contributed by atoms with E-state index in [2.05, 4.69) is 15.3 Å². The summed E-state index contributed by atoms with van der Waals surface area (Å²) in [7, 11) is 0. The van der Waals surface area contributed by atoms with Crippen LogP contribution in [0.4, 0.5) is 0 Å². The predicted molar refractivity (Wildman–Crippen MR) is 97.8 cm³/mol. The second kappa shape index (κ2) is 7.93. The van der Waals surface area contributed by atoms with Crippen LogP contribution in [0.15, 0.2) is 54.9 Å². The third-order valence-corrected chi connectivity index (χ3v) is 4.13. The molecule has 3 rings (SSSR count). The molecule has 0 spiro atoms. The summed E-state index contributed by atoms with van der Waals surface area (Å²) in [6, 6.07) is 11.8. The van der Waals surface area contributed by atoms with E-state index in [4.69, 9.17) is 16.3 Å². The summed E-state index contributed by atoms with van der Waals surface area (Å²) in [5, 5.41) is 3.31. The summed E-state index contributed by atoms with van der Waals surface area (Å²) in [4.78, 5) is 32.4. The number of nitrogens with zero attached hydrogens (tertiary/aromatic N) is 2. The van der Waals surface area contributed by atoms with Gasteiger partial charge in [0.15, 0.2) is 6.61 Å². The Balaban J connectivity index is 1.58. The molecule has 26 heavy (non-hydrogen) atoms. The van der Waals surface area contributed by atoms with E-state index in [0.717, 1.165) is 5.56 Å². The number of fused-ring (bicyclic) bond motifs is 1. The highest BCUT2D eigenvalue weighted by Crippen LogP contribution is 2.22. The first-order valence-corrected chi connectivity index (χ1v) is 8.34. The zero-order chi connectivity index (χ0) is 18.5. The van der Waals surface area contributed by atoms with Gasteiger partial charge >= 0.3 is 5.97 Å². The maximum absolute atomic E-state index is 12.1. The van der Waals surface area contributed by atoms with Crippen molar-refractivity contribution in [1.29, 1.82) is 0 Å². The number of nitrogens with one attached hydrogen (secondary N) is 1. The predicted octanol–water partition coefficient (Wildman–Crippen LogP) is 3.32. The van der Waals surface area contributed by atoms with Crippen LogP contribution < -0.4 is 5.32 Å². The molecule has 7 heteroatoms. The highest BCUT2D eigenvalue weighted by Gasteiger charge is 2.15. The fraction of sp³-hybridized carbons (Fsp3) is 0.158. The summed E-state index contributed by atoms with van der Waals surface area (Å²) in [5.74, 6) is -1.01. The van der Waals surface area contributed by atoms with E-state index in [1.807, 2.05) is 25.1 Å². The van der Waals surface area contributed by atoms with Gasteiger partial charge in [0.05, 0.1) is 22.6 Å². The van der Waals surface area contributed by atoms with Gasteiger partial charge in [-0.25, -0.2) is 4.79 Å². The minimum Gasteiger partial charge on any atom is -0.452 e. The van der Waals surface area contributed by atoms with E-state index in [9.17, 15) is 9.59 Å². The Kier molecular flexibility index (Phi) is 5.43. The fourth-order valence-electron chi connectivity index (χ4n) is 2.49. The van der Waals surface area contributed by atoms with Crippen LogP contribution in [0.25, 0.3) is 11.0 Å². The van der Waals surface area contributed by atoms with E-state index in [-0.39, 0.29) is 12.6 Å². The Bertz CT molecular complexity index is 961. The van der Waals surface area contributed by atoms with Crippen LogP contribution >= 0.6 is 11.6 Å². The van der Waals surface area contributed by atoms with Gasteiger partial charge in [-0.05, 0) is 36.8 Å². The van der Waals surface area contributed by atoms with Crippen LogP contribution in [-0.4, -0.2) is 28.5 Å². The zero-order valence-electron chi connectivity index (χ0n) is 14.0. The minimum absolute atomic E-state index is 0.300. The molecule has 1 amide bonds. The molecule has 0 bridgehead atoms. The molecular weight excluding hydrogens is 354 g/mol. The van der Waals surface area contributed by atoms with Crippen molar-refractivity contribution in [2.24, 2.45) is 0 Å². The lowest BCUT2D eigenvalue weighted by Crippen LogP contribution is -2.31. The monoisotopic (exact) mass is 369 g/mol. The quantitative estimate of drug-likeness (QED) is 0.698. The lowest BCUT2D eigenvalue weighted by molar-refractivity contribution is -0.124. The highest BCUT2D eigenvalue weighted by atomic mass is 35.5. The summed E-state index contributed by atoms with van der Waals surface area (Å²) >= 11 is 6.11. The summed E-state index contributed by atoms with van der Waals surface area (Å²) in [5.41, 5.74) is 2.36. The van der Waals surface area contributed by atoms with Crippen molar-refractivity contribution in [3.05, 3.63) is 71.0 Å². The molecule has 0 aliphatic heterocycles. The Labute approximate surface area is 155 Å². The topological polar surface area (TPSA) is 81.2 Å². The molecule has 132 valence electrons. The lowest BCUT2D eigenvalue weighted by Gasteiger charge is -2.15. The number of benzene rings is 2. The molecule has 1 atom stereocenters. The molecule has 0 saturated carbocycles. The molecular formula is C19H16ClN3O3. The van der Waals surface area contributed by atoms with Gasteiger partial charge in [0, 0.05) is 17.4 Å². The lowest BCUT2D eigenvalue weighted by atomic mass is 10.1. The number of rotatable bonds is 5. The molecule has 2 aromatic carbocycles. The van der Waals surface area contributed by atoms with Crippen molar-refractivity contribution < 1.29 is 14.3 Å². The number of esters is 1. The largest absolute Gasteiger partial charge is 0.452 e. The molecule has 0 aliphatic rings. The number of ether oxygens (including phenoxy) is 1. The molecule has 0 saturated heterocycles. The van der Waals surface area contributed by atoms with Crippen molar-refractivity contribution >= 4 is 34.5 Å². The second-order valence-corrected chi connectivity index (χ2v) is 6.05. The van der Waals surface area contributed by atoms with Crippen LogP contribution in [-0.2, 0) is 9.53 Å². The number of carbonyl (C=O) groups excluding carboxylic acids is 2. The van der Waals surface area contributed by atoms with Gasteiger partial charge in [-0.2, -0.15) is 0 Å². The molecule has 1 heterocycles. The average Bonchev–Trinajstić information content (AvgIpc) is 2.66. The van der Waals surface area contributed by atoms with Crippen molar-refractivity contribution in [3.63, 3.8) is 0 Å². The van der Waals surface area contributed by atoms with E-state index in [1.54, 1.807) is 36.7 Å². The zero-order valence-corrected chi connectivity index (χ0v) is 14.7. The van der Waals surface area contributed by atoms with Crippen molar-refractivity contribution in [1.82, 2.24) is 15.3 Å². The number of carbonyl (C=O) groups is 2. The van der Waals surface area contributed by atoms with E-state index in [0.29, 0.717) is 21.6 Å². The number of hydrogen-bond acceptors (Lipinski definition) is 5. The Morgan fingerprint density at radius 1 is 1.12 bits per heavy atom. The summed E-state index contributed by atoms with van der Waals surface area (Å²) in [6.45, 7) is 1.43. The van der Waals surface area contributed by atoms with Crippen LogP contribution in [0.2, 0.25) is 5.02 Å². The number of amides is 1. The Morgan fingerprint density at radius 2 is 1.85 bits per heavy atom. The first-order chi connectivity index (χ1) is 12.5. The van der Waals surface area contributed by atoms with Crippen molar-refractivity contribution in [3.8, 4) is 0 Å². The normalized spacial score (nSPS) is 11.8. The maximum atomic E-state index is 12.1. The Morgan fingerprint density at radius 3 is 2.62 bits per heavy atom. The molecule has 1 aromatic heterocycles. The van der Waals surface area contributed by atoms with Crippen molar-refractivity contribution in [2.45, 2.75) is 13.0 Å². The molecule has 3 aromatic rings.